The lowest BCUT2D eigenvalue weighted by molar-refractivity contribution is 0.263. The lowest BCUT2D eigenvalue weighted by atomic mass is 9.80. The second-order valence-corrected chi connectivity index (χ2v) is 7.30. The minimum Gasteiger partial charge on any atom is -0.409 e. The van der Waals surface area contributed by atoms with Crippen molar-refractivity contribution in [2.45, 2.75) is 27.2 Å². The first-order valence-electron chi connectivity index (χ1n) is 6.85. The number of hydrogen-bond acceptors (Lipinski definition) is 3. The molecule has 1 heterocycles. The van der Waals surface area contributed by atoms with E-state index in [-0.39, 0.29) is 5.84 Å². The average Bonchev–Trinajstić information content (AvgIpc) is 2.87. The Balaban J connectivity index is 2.18. The van der Waals surface area contributed by atoms with Gasteiger partial charge in [0.25, 0.3) is 0 Å². The number of nitrogens with two attached hydrogens (primary N) is 1. The highest BCUT2D eigenvalue weighted by molar-refractivity contribution is 9.10. The third kappa shape index (κ3) is 3.08. The van der Waals surface area contributed by atoms with Crippen molar-refractivity contribution in [1.82, 2.24) is 0 Å². The van der Waals surface area contributed by atoms with E-state index in [2.05, 4.69) is 46.8 Å². The van der Waals surface area contributed by atoms with Gasteiger partial charge in [-0.05, 0) is 51.9 Å². The zero-order valence-electron chi connectivity index (χ0n) is 12.2. The predicted molar refractivity (Wildman–Crippen MR) is 86.4 cm³/mol. The van der Waals surface area contributed by atoms with E-state index >= 15 is 0 Å². The zero-order valence-corrected chi connectivity index (χ0v) is 13.8. The van der Waals surface area contributed by atoms with Crippen LogP contribution in [0.3, 0.4) is 0 Å². The van der Waals surface area contributed by atoms with Crippen LogP contribution in [-0.2, 0) is 0 Å². The van der Waals surface area contributed by atoms with Gasteiger partial charge in [-0.1, -0.05) is 25.9 Å². The van der Waals surface area contributed by atoms with Crippen LogP contribution in [0.4, 0.5) is 5.69 Å². The van der Waals surface area contributed by atoms with E-state index < -0.39 is 0 Å². The standard InChI is InChI=1S/C15H22BrN3O/c1-15(2,3)10-6-7-19(9-10)11-4-5-12(13(16)8-11)14(17)18-20/h4-5,8,10,20H,6-7,9H2,1-3H3,(H2,17,18). The van der Waals surface area contributed by atoms with Crippen molar-refractivity contribution < 1.29 is 5.21 Å². The average molecular weight is 340 g/mol. The predicted octanol–water partition coefficient (Wildman–Crippen LogP) is 3.42. The van der Waals surface area contributed by atoms with Crippen molar-refractivity contribution in [3.8, 4) is 0 Å². The Morgan fingerprint density at radius 2 is 2.15 bits per heavy atom. The van der Waals surface area contributed by atoms with Gasteiger partial charge in [-0.3, -0.25) is 0 Å². The molecule has 3 N–H and O–H groups in total. The van der Waals surface area contributed by atoms with Crippen molar-refractivity contribution in [2.75, 3.05) is 18.0 Å². The molecule has 1 aliphatic rings. The summed E-state index contributed by atoms with van der Waals surface area (Å²) in [5.41, 5.74) is 7.87. The van der Waals surface area contributed by atoms with Crippen molar-refractivity contribution in [3.05, 3.63) is 28.2 Å². The van der Waals surface area contributed by atoms with Gasteiger partial charge in [-0.15, -0.1) is 0 Å². The number of halogens is 1. The van der Waals surface area contributed by atoms with Gasteiger partial charge in [0, 0.05) is 28.8 Å². The molecule has 1 aromatic carbocycles. The fraction of sp³-hybridized carbons (Fsp3) is 0.533. The minimum absolute atomic E-state index is 0.123. The summed E-state index contributed by atoms with van der Waals surface area (Å²) in [7, 11) is 0. The van der Waals surface area contributed by atoms with E-state index in [1.54, 1.807) is 0 Å². The molecule has 0 aliphatic carbocycles. The molecule has 0 aromatic heterocycles. The maximum atomic E-state index is 8.75. The van der Waals surface area contributed by atoms with E-state index in [0.29, 0.717) is 16.9 Å². The van der Waals surface area contributed by atoms with Crippen LogP contribution in [0.2, 0.25) is 0 Å². The number of anilines is 1. The van der Waals surface area contributed by atoms with Gasteiger partial charge in [0.2, 0.25) is 0 Å². The van der Waals surface area contributed by atoms with E-state index in [1.165, 1.54) is 12.1 Å². The van der Waals surface area contributed by atoms with Gasteiger partial charge < -0.3 is 15.8 Å². The second kappa shape index (κ2) is 5.64. The van der Waals surface area contributed by atoms with E-state index in [0.717, 1.165) is 17.6 Å². The SMILES string of the molecule is CC(C)(C)C1CCN(c2ccc(/C(N)=N/O)c(Br)c2)C1. The van der Waals surface area contributed by atoms with Crippen LogP contribution in [0.5, 0.6) is 0 Å². The second-order valence-electron chi connectivity index (χ2n) is 6.45. The number of rotatable bonds is 2. The maximum Gasteiger partial charge on any atom is 0.171 e. The van der Waals surface area contributed by atoms with Crippen molar-refractivity contribution in [1.29, 1.82) is 0 Å². The fourth-order valence-corrected chi connectivity index (χ4v) is 3.23. The molecule has 4 nitrogen and oxygen atoms in total. The number of amidine groups is 1. The zero-order chi connectivity index (χ0) is 14.9. The molecule has 0 saturated carbocycles. The monoisotopic (exact) mass is 339 g/mol. The summed E-state index contributed by atoms with van der Waals surface area (Å²) in [6.07, 6.45) is 1.23. The number of hydrogen-bond donors (Lipinski definition) is 2. The maximum absolute atomic E-state index is 8.75. The third-order valence-corrected chi connectivity index (χ3v) is 4.77. The highest BCUT2D eigenvalue weighted by atomic mass is 79.9. The molecule has 1 unspecified atom stereocenters. The Morgan fingerprint density at radius 1 is 1.45 bits per heavy atom. The number of oxime groups is 1. The van der Waals surface area contributed by atoms with E-state index in [1.807, 2.05) is 18.2 Å². The molecule has 0 amide bonds. The van der Waals surface area contributed by atoms with Gasteiger partial charge in [-0.2, -0.15) is 0 Å². The fourth-order valence-electron chi connectivity index (χ4n) is 2.66. The van der Waals surface area contributed by atoms with Crippen LogP contribution in [-0.4, -0.2) is 24.1 Å². The normalized spacial score (nSPS) is 20.5. The summed E-state index contributed by atoms with van der Waals surface area (Å²) >= 11 is 3.49. The molecule has 20 heavy (non-hydrogen) atoms. The van der Waals surface area contributed by atoms with E-state index in [4.69, 9.17) is 10.9 Å². The largest absolute Gasteiger partial charge is 0.409 e. The van der Waals surface area contributed by atoms with Crippen LogP contribution in [0.15, 0.2) is 27.8 Å². The molecular weight excluding hydrogens is 318 g/mol. The Kier molecular flexibility index (Phi) is 4.28. The molecular formula is C15H22BrN3O. The van der Waals surface area contributed by atoms with Crippen LogP contribution >= 0.6 is 15.9 Å². The van der Waals surface area contributed by atoms with E-state index in [9.17, 15) is 0 Å². The lowest BCUT2D eigenvalue weighted by Gasteiger charge is -2.27. The van der Waals surface area contributed by atoms with Crippen molar-refractivity contribution in [2.24, 2.45) is 22.2 Å². The molecule has 0 bridgehead atoms. The highest BCUT2D eigenvalue weighted by Gasteiger charge is 2.31. The first kappa shape index (κ1) is 15.2. The van der Waals surface area contributed by atoms with Crippen LogP contribution in [0, 0.1) is 11.3 Å². The summed E-state index contributed by atoms with van der Waals surface area (Å²) in [4.78, 5) is 2.40. The van der Waals surface area contributed by atoms with Gasteiger partial charge in [-0.25, -0.2) is 0 Å². The van der Waals surface area contributed by atoms with Crippen molar-refractivity contribution >= 4 is 27.5 Å². The summed E-state index contributed by atoms with van der Waals surface area (Å²) in [6.45, 7) is 9.08. The molecule has 110 valence electrons. The Labute approximate surface area is 128 Å². The molecule has 1 fully saturated rings. The van der Waals surface area contributed by atoms with Gasteiger partial charge in [0.05, 0.1) is 0 Å². The van der Waals surface area contributed by atoms with Crippen molar-refractivity contribution in [3.63, 3.8) is 0 Å². The van der Waals surface area contributed by atoms with Crippen LogP contribution in [0.1, 0.15) is 32.8 Å². The number of nitrogens with zero attached hydrogens (tertiary/aromatic N) is 2. The molecule has 2 rings (SSSR count). The lowest BCUT2D eigenvalue weighted by Crippen LogP contribution is -2.26. The quantitative estimate of drug-likeness (QED) is 0.375. The molecule has 5 heteroatoms. The Morgan fingerprint density at radius 3 is 2.65 bits per heavy atom. The molecule has 1 saturated heterocycles. The van der Waals surface area contributed by atoms with Gasteiger partial charge in [0.1, 0.15) is 0 Å². The third-order valence-electron chi connectivity index (χ3n) is 4.11. The van der Waals surface area contributed by atoms with Crippen LogP contribution < -0.4 is 10.6 Å². The van der Waals surface area contributed by atoms with Gasteiger partial charge >= 0.3 is 0 Å². The summed E-state index contributed by atoms with van der Waals surface area (Å²) in [5, 5.41) is 11.8. The molecule has 0 spiro atoms. The number of benzene rings is 1. The summed E-state index contributed by atoms with van der Waals surface area (Å²) < 4.78 is 0.851. The molecule has 1 aliphatic heterocycles. The highest BCUT2D eigenvalue weighted by Crippen LogP contribution is 2.36. The molecule has 0 radical (unpaired) electrons. The first-order chi connectivity index (χ1) is 9.32. The Hall–Kier alpha value is -1.23. The topological polar surface area (TPSA) is 61.8 Å². The summed E-state index contributed by atoms with van der Waals surface area (Å²) in [5.74, 6) is 0.836. The van der Waals surface area contributed by atoms with Crippen LogP contribution in [0.25, 0.3) is 0 Å². The molecule has 1 aromatic rings. The molecule has 1 atom stereocenters. The van der Waals surface area contributed by atoms with Gasteiger partial charge in [0.15, 0.2) is 5.84 Å². The first-order valence-corrected chi connectivity index (χ1v) is 7.64. The minimum atomic E-state index is 0.123. The summed E-state index contributed by atoms with van der Waals surface area (Å²) in [6, 6.07) is 5.96. The Bertz CT molecular complexity index is 522. The smallest absolute Gasteiger partial charge is 0.171 e.